The van der Waals surface area contributed by atoms with E-state index < -0.39 is 12.1 Å². The zero-order valence-electron chi connectivity index (χ0n) is 14.1. The average Bonchev–Trinajstić information content (AvgIpc) is 3.04. The normalized spacial score (nSPS) is 11.7. The Morgan fingerprint density at radius 2 is 2.23 bits per heavy atom. The van der Waals surface area contributed by atoms with Crippen molar-refractivity contribution in [3.63, 3.8) is 0 Å². The maximum absolute atomic E-state index is 11.2. The lowest BCUT2D eigenvalue weighted by atomic mass is 10.0. The number of amides is 1. The van der Waals surface area contributed by atoms with Gasteiger partial charge in [-0.1, -0.05) is 12.1 Å². The number of carbonyl (C=O) groups is 1. The van der Waals surface area contributed by atoms with Crippen molar-refractivity contribution < 1.29 is 14.6 Å². The average molecular weight is 367 g/mol. The molecule has 1 atom stereocenters. The van der Waals surface area contributed by atoms with Crippen LogP contribution in [0.15, 0.2) is 42.5 Å². The highest BCUT2D eigenvalue weighted by molar-refractivity contribution is 7.18. The quantitative estimate of drug-likeness (QED) is 0.683. The molecule has 0 bridgehead atoms. The molecule has 0 radical (unpaired) electrons. The molecular formula is C19H17N3O3S. The highest BCUT2D eigenvalue weighted by atomic mass is 32.1. The highest BCUT2D eigenvalue weighted by Crippen LogP contribution is 2.31. The number of hydrogen-bond acceptors (Lipinski definition) is 5. The number of nitrogens with one attached hydrogen (secondary N) is 1. The molecule has 132 valence electrons. The SMILES string of the molecule is CCOc1ccc2nc(C(Cc3cccc(C#N)c3)NC(=O)O)sc2c1. The van der Waals surface area contributed by atoms with E-state index in [1.165, 1.54) is 11.3 Å². The van der Waals surface area contributed by atoms with E-state index in [1.807, 2.05) is 31.2 Å². The first-order chi connectivity index (χ1) is 12.6. The van der Waals surface area contributed by atoms with Crippen molar-refractivity contribution in [3.05, 3.63) is 58.6 Å². The summed E-state index contributed by atoms with van der Waals surface area (Å²) in [6.07, 6.45) is -0.694. The summed E-state index contributed by atoms with van der Waals surface area (Å²) in [5.41, 5.74) is 2.22. The predicted octanol–water partition coefficient (Wildman–Crippen LogP) is 4.12. The summed E-state index contributed by atoms with van der Waals surface area (Å²) in [5.74, 6) is 0.764. The Bertz CT molecular complexity index is 978. The van der Waals surface area contributed by atoms with Gasteiger partial charge in [0.25, 0.3) is 0 Å². The van der Waals surface area contributed by atoms with E-state index in [4.69, 9.17) is 10.00 Å². The van der Waals surface area contributed by atoms with Crippen molar-refractivity contribution in [1.82, 2.24) is 10.3 Å². The minimum Gasteiger partial charge on any atom is -0.494 e. The van der Waals surface area contributed by atoms with Gasteiger partial charge in [0.2, 0.25) is 0 Å². The number of nitrogens with zero attached hydrogens (tertiary/aromatic N) is 2. The van der Waals surface area contributed by atoms with E-state index in [1.54, 1.807) is 18.2 Å². The molecule has 3 aromatic rings. The molecule has 6 nitrogen and oxygen atoms in total. The summed E-state index contributed by atoms with van der Waals surface area (Å²) >= 11 is 1.43. The van der Waals surface area contributed by atoms with Gasteiger partial charge in [-0.3, -0.25) is 0 Å². The van der Waals surface area contributed by atoms with Gasteiger partial charge >= 0.3 is 6.09 Å². The fourth-order valence-corrected chi connectivity index (χ4v) is 3.73. The van der Waals surface area contributed by atoms with Crippen LogP contribution < -0.4 is 10.1 Å². The Balaban J connectivity index is 1.92. The highest BCUT2D eigenvalue weighted by Gasteiger charge is 2.19. The van der Waals surface area contributed by atoms with Crippen LogP contribution in [0, 0.1) is 11.3 Å². The molecule has 0 aliphatic heterocycles. The number of ether oxygens (including phenoxy) is 1. The van der Waals surface area contributed by atoms with Gasteiger partial charge in [-0.2, -0.15) is 5.26 Å². The summed E-state index contributed by atoms with van der Waals surface area (Å²) < 4.78 is 6.45. The first kappa shape index (κ1) is 17.7. The van der Waals surface area contributed by atoms with E-state index in [2.05, 4.69) is 16.4 Å². The lowest BCUT2D eigenvalue weighted by Gasteiger charge is -2.14. The summed E-state index contributed by atoms with van der Waals surface area (Å²) in [5, 5.41) is 21.5. The van der Waals surface area contributed by atoms with Crippen LogP contribution in [-0.2, 0) is 6.42 Å². The Morgan fingerprint density at radius 1 is 1.38 bits per heavy atom. The van der Waals surface area contributed by atoms with Gasteiger partial charge in [0.15, 0.2) is 0 Å². The van der Waals surface area contributed by atoms with Gasteiger partial charge in [0.1, 0.15) is 10.8 Å². The molecule has 3 rings (SSSR count). The minimum absolute atomic E-state index is 0.417. The smallest absolute Gasteiger partial charge is 0.405 e. The molecule has 0 fully saturated rings. The number of benzene rings is 2. The Kier molecular flexibility index (Phi) is 5.34. The Hall–Kier alpha value is -3.11. The summed E-state index contributed by atoms with van der Waals surface area (Å²) in [4.78, 5) is 15.8. The number of rotatable bonds is 6. The van der Waals surface area contributed by atoms with Crippen molar-refractivity contribution in [2.75, 3.05) is 6.61 Å². The molecule has 1 unspecified atom stereocenters. The topological polar surface area (TPSA) is 95.2 Å². The standard InChI is InChI=1S/C19H17N3O3S/c1-2-25-14-6-7-15-17(10-14)26-18(21-15)16(22-19(23)24)9-12-4-3-5-13(8-12)11-20/h3-8,10,16,22H,2,9H2,1H3,(H,23,24). The second-order valence-corrected chi connectivity index (χ2v) is 6.70. The van der Waals surface area contributed by atoms with Crippen molar-refractivity contribution in [2.45, 2.75) is 19.4 Å². The third-order valence-corrected chi connectivity index (χ3v) is 4.91. The zero-order valence-corrected chi connectivity index (χ0v) is 14.9. The van der Waals surface area contributed by atoms with Crippen LogP contribution >= 0.6 is 11.3 Å². The van der Waals surface area contributed by atoms with E-state index in [0.29, 0.717) is 23.6 Å². The van der Waals surface area contributed by atoms with Crippen LogP contribution in [0.1, 0.15) is 29.1 Å². The maximum Gasteiger partial charge on any atom is 0.405 e. The predicted molar refractivity (Wildman–Crippen MR) is 99.6 cm³/mol. The van der Waals surface area contributed by atoms with Crippen molar-refractivity contribution in [3.8, 4) is 11.8 Å². The number of aromatic nitrogens is 1. The van der Waals surface area contributed by atoms with Crippen LogP contribution in [0.5, 0.6) is 5.75 Å². The largest absolute Gasteiger partial charge is 0.494 e. The van der Waals surface area contributed by atoms with E-state index in [-0.39, 0.29) is 0 Å². The Morgan fingerprint density at radius 3 is 2.96 bits per heavy atom. The van der Waals surface area contributed by atoms with E-state index in [0.717, 1.165) is 21.5 Å². The second-order valence-electron chi connectivity index (χ2n) is 5.63. The third-order valence-electron chi connectivity index (χ3n) is 3.78. The van der Waals surface area contributed by atoms with Gasteiger partial charge in [0.05, 0.1) is 34.5 Å². The summed E-state index contributed by atoms with van der Waals surface area (Å²) in [7, 11) is 0. The molecule has 0 saturated carbocycles. The fourth-order valence-electron chi connectivity index (χ4n) is 2.68. The van der Waals surface area contributed by atoms with E-state index in [9.17, 15) is 9.90 Å². The van der Waals surface area contributed by atoms with Crippen LogP contribution in [0.25, 0.3) is 10.2 Å². The van der Waals surface area contributed by atoms with Crippen LogP contribution in [0.2, 0.25) is 0 Å². The first-order valence-corrected chi connectivity index (χ1v) is 8.92. The van der Waals surface area contributed by atoms with Crippen molar-refractivity contribution in [1.29, 1.82) is 5.26 Å². The molecular weight excluding hydrogens is 350 g/mol. The Labute approximate surface area is 154 Å². The van der Waals surface area contributed by atoms with E-state index >= 15 is 0 Å². The minimum atomic E-state index is -1.11. The molecule has 2 N–H and O–H groups in total. The van der Waals surface area contributed by atoms with Gasteiger partial charge in [-0.25, -0.2) is 9.78 Å². The van der Waals surface area contributed by atoms with Gasteiger partial charge in [-0.05, 0) is 49.2 Å². The van der Waals surface area contributed by atoms with Gasteiger partial charge in [0, 0.05) is 0 Å². The fraction of sp³-hybridized carbons (Fsp3) is 0.211. The summed E-state index contributed by atoms with van der Waals surface area (Å²) in [6.45, 7) is 2.50. The molecule has 1 aromatic heterocycles. The third kappa shape index (κ3) is 4.10. The van der Waals surface area contributed by atoms with Crippen molar-refractivity contribution in [2.24, 2.45) is 0 Å². The molecule has 2 aromatic carbocycles. The van der Waals surface area contributed by atoms with Crippen molar-refractivity contribution >= 4 is 27.6 Å². The molecule has 0 spiro atoms. The number of fused-ring (bicyclic) bond motifs is 1. The molecule has 0 saturated heterocycles. The number of nitriles is 1. The molecule has 26 heavy (non-hydrogen) atoms. The van der Waals surface area contributed by atoms with Crippen LogP contribution in [-0.4, -0.2) is 22.8 Å². The molecule has 1 heterocycles. The first-order valence-electron chi connectivity index (χ1n) is 8.11. The molecule has 1 amide bonds. The number of hydrogen-bond donors (Lipinski definition) is 2. The molecule has 0 aliphatic rings. The number of thiazole rings is 1. The van der Waals surface area contributed by atoms with Crippen LogP contribution in [0.3, 0.4) is 0 Å². The maximum atomic E-state index is 11.2. The molecule has 0 aliphatic carbocycles. The van der Waals surface area contributed by atoms with Gasteiger partial charge < -0.3 is 15.2 Å². The van der Waals surface area contributed by atoms with Gasteiger partial charge in [-0.15, -0.1) is 11.3 Å². The lowest BCUT2D eigenvalue weighted by molar-refractivity contribution is 0.190. The number of carboxylic acid groups (broad SMARTS) is 1. The molecule has 7 heteroatoms. The summed E-state index contributed by atoms with van der Waals surface area (Å²) in [6, 6.07) is 14.4. The second kappa shape index (κ2) is 7.85. The van der Waals surface area contributed by atoms with Crippen LogP contribution in [0.4, 0.5) is 4.79 Å². The zero-order chi connectivity index (χ0) is 18.5. The lowest BCUT2D eigenvalue weighted by Crippen LogP contribution is -2.28. The monoisotopic (exact) mass is 367 g/mol.